The van der Waals surface area contributed by atoms with Crippen molar-refractivity contribution in [1.82, 2.24) is 0 Å². The predicted octanol–water partition coefficient (Wildman–Crippen LogP) is 5.37. The number of hydrogen-bond acceptors (Lipinski definition) is 3. The Morgan fingerprint density at radius 3 is 2.25 bits per heavy atom. The molecule has 0 saturated heterocycles. The summed E-state index contributed by atoms with van der Waals surface area (Å²) in [5, 5.41) is 9.37. The molecule has 0 spiro atoms. The topological polar surface area (TPSA) is 46.5 Å². The van der Waals surface area contributed by atoms with Gasteiger partial charge in [-0.15, -0.1) is 0 Å². The first kappa shape index (κ1) is 23.2. The van der Waals surface area contributed by atoms with Crippen LogP contribution >= 0.6 is 0 Å². The quantitative estimate of drug-likeness (QED) is 0.406. The molecule has 0 aromatic carbocycles. The van der Waals surface area contributed by atoms with Gasteiger partial charge >= 0.3 is 5.97 Å². The third-order valence-corrected chi connectivity index (χ3v) is 4.70. The fraction of sp³-hybridized carbons (Fsp3) is 0.857. The minimum absolute atomic E-state index is 0.117. The van der Waals surface area contributed by atoms with Crippen molar-refractivity contribution in [2.24, 2.45) is 23.2 Å². The number of carbonyl (C=O) groups is 1. The van der Waals surface area contributed by atoms with Gasteiger partial charge in [0.25, 0.3) is 0 Å². The SMILES string of the molecule is C/C(=C\CC[C@H](C)CCOC(=O)C(C)(C)C)CC[C@H](CO)C(C)C. The molecule has 0 rings (SSSR count). The standard InChI is InChI=1S/C21H40O3/c1-16(2)19(15-22)12-11-17(3)9-8-10-18(4)13-14-24-20(23)21(5,6)7/h9,16,18-19,22H,8,10-15H2,1-7H3/b17-9+/t18-,19+/m0/s1. The Bertz CT molecular complexity index is 377. The predicted molar refractivity (Wildman–Crippen MR) is 102 cm³/mol. The minimum atomic E-state index is -0.411. The highest BCUT2D eigenvalue weighted by atomic mass is 16.5. The van der Waals surface area contributed by atoms with Crippen molar-refractivity contribution in [3.63, 3.8) is 0 Å². The van der Waals surface area contributed by atoms with Crippen LogP contribution in [0.2, 0.25) is 0 Å². The summed E-state index contributed by atoms with van der Waals surface area (Å²) in [6.07, 6.45) is 7.58. The number of rotatable bonds is 11. The van der Waals surface area contributed by atoms with E-state index in [0.29, 0.717) is 24.4 Å². The molecule has 0 saturated carbocycles. The van der Waals surface area contributed by atoms with Gasteiger partial charge < -0.3 is 9.84 Å². The Morgan fingerprint density at radius 1 is 1.12 bits per heavy atom. The van der Waals surface area contributed by atoms with Gasteiger partial charge in [-0.1, -0.05) is 32.4 Å². The fourth-order valence-corrected chi connectivity index (χ4v) is 2.48. The lowest BCUT2D eigenvalue weighted by atomic mass is 9.90. The third kappa shape index (κ3) is 10.9. The highest BCUT2D eigenvalue weighted by Crippen LogP contribution is 2.21. The lowest BCUT2D eigenvalue weighted by Gasteiger charge is -2.18. The summed E-state index contributed by atoms with van der Waals surface area (Å²) in [5.41, 5.74) is 1.01. The first-order valence-corrected chi connectivity index (χ1v) is 9.51. The van der Waals surface area contributed by atoms with E-state index in [2.05, 4.69) is 33.8 Å². The summed E-state index contributed by atoms with van der Waals surface area (Å²) < 4.78 is 5.33. The number of esters is 1. The highest BCUT2D eigenvalue weighted by molar-refractivity contribution is 5.75. The zero-order valence-electron chi connectivity index (χ0n) is 17.0. The minimum Gasteiger partial charge on any atom is -0.465 e. The van der Waals surface area contributed by atoms with Crippen LogP contribution < -0.4 is 0 Å². The van der Waals surface area contributed by atoms with E-state index in [0.717, 1.165) is 32.1 Å². The normalized spacial score (nSPS) is 15.5. The van der Waals surface area contributed by atoms with Crippen molar-refractivity contribution >= 4 is 5.97 Å². The molecule has 0 amide bonds. The van der Waals surface area contributed by atoms with Crippen LogP contribution in [0.25, 0.3) is 0 Å². The number of hydrogen-bond donors (Lipinski definition) is 1. The molecule has 0 aliphatic heterocycles. The zero-order chi connectivity index (χ0) is 18.8. The summed E-state index contributed by atoms with van der Waals surface area (Å²) in [5.74, 6) is 1.39. The molecule has 0 radical (unpaired) electrons. The average Bonchev–Trinajstić information content (AvgIpc) is 2.46. The second kappa shape index (κ2) is 11.7. The Morgan fingerprint density at radius 2 is 1.75 bits per heavy atom. The zero-order valence-corrected chi connectivity index (χ0v) is 17.0. The molecule has 3 heteroatoms. The van der Waals surface area contributed by atoms with Gasteiger partial charge in [0.1, 0.15) is 0 Å². The fourth-order valence-electron chi connectivity index (χ4n) is 2.48. The molecule has 0 heterocycles. The van der Waals surface area contributed by atoms with Gasteiger partial charge in [-0.05, 0) is 77.6 Å². The number of allylic oxidation sites excluding steroid dienone is 2. The number of ether oxygens (including phenoxy) is 1. The van der Waals surface area contributed by atoms with Gasteiger partial charge in [-0.3, -0.25) is 4.79 Å². The van der Waals surface area contributed by atoms with E-state index < -0.39 is 5.41 Å². The Labute approximate surface area is 149 Å². The maximum absolute atomic E-state index is 11.7. The Balaban J connectivity index is 3.93. The van der Waals surface area contributed by atoms with E-state index in [4.69, 9.17) is 4.74 Å². The van der Waals surface area contributed by atoms with E-state index in [1.807, 2.05) is 20.8 Å². The van der Waals surface area contributed by atoms with Gasteiger partial charge in [0, 0.05) is 6.61 Å². The van der Waals surface area contributed by atoms with E-state index in [-0.39, 0.29) is 12.6 Å². The molecule has 0 aliphatic carbocycles. The van der Waals surface area contributed by atoms with Crippen molar-refractivity contribution in [2.45, 2.75) is 80.6 Å². The van der Waals surface area contributed by atoms with Gasteiger partial charge in [-0.25, -0.2) is 0 Å². The summed E-state index contributed by atoms with van der Waals surface area (Å²) in [7, 11) is 0. The number of aliphatic hydroxyl groups is 1. The number of aliphatic hydroxyl groups excluding tert-OH is 1. The molecule has 3 nitrogen and oxygen atoms in total. The van der Waals surface area contributed by atoms with E-state index >= 15 is 0 Å². The molecule has 0 unspecified atom stereocenters. The van der Waals surface area contributed by atoms with E-state index in [9.17, 15) is 9.90 Å². The molecule has 2 atom stereocenters. The second-order valence-corrected chi connectivity index (χ2v) is 8.63. The van der Waals surface area contributed by atoms with E-state index in [1.54, 1.807) is 0 Å². The van der Waals surface area contributed by atoms with Crippen molar-refractivity contribution in [1.29, 1.82) is 0 Å². The lowest BCUT2D eigenvalue weighted by molar-refractivity contribution is -0.153. The van der Waals surface area contributed by atoms with Crippen molar-refractivity contribution < 1.29 is 14.6 Å². The summed E-state index contributed by atoms with van der Waals surface area (Å²) in [4.78, 5) is 11.7. The maximum atomic E-state index is 11.7. The molecule has 0 aliphatic rings. The van der Waals surface area contributed by atoms with Crippen LogP contribution in [0.3, 0.4) is 0 Å². The molecular weight excluding hydrogens is 300 g/mol. The molecular formula is C21H40O3. The number of carbonyl (C=O) groups excluding carboxylic acids is 1. The molecule has 1 N–H and O–H groups in total. The summed E-state index contributed by atoms with van der Waals surface area (Å²) in [6.45, 7) is 15.2. The van der Waals surface area contributed by atoms with Crippen molar-refractivity contribution in [3.05, 3.63) is 11.6 Å². The largest absolute Gasteiger partial charge is 0.465 e. The summed E-state index contributed by atoms with van der Waals surface area (Å²) >= 11 is 0. The average molecular weight is 341 g/mol. The van der Waals surface area contributed by atoms with Gasteiger partial charge in [0.2, 0.25) is 0 Å². The Kier molecular flexibility index (Phi) is 11.3. The highest BCUT2D eigenvalue weighted by Gasteiger charge is 2.22. The summed E-state index contributed by atoms with van der Waals surface area (Å²) in [6, 6.07) is 0. The monoisotopic (exact) mass is 340 g/mol. The maximum Gasteiger partial charge on any atom is 0.311 e. The van der Waals surface area contributed by atoms with Crippen LogP contribution in [0.5, 0.6) is 0 Å². The Hall–Kier alpha value is -0.830. The second-order valence-electron chi connectivity index (χ2n) is 8.63. The molecule has 0 aromatic rings. The molecule has 142 valence electrons. The van der Waals surface area contributed by atoms with Crippen LogP contribution in [-0.2, 0) is 9.53 Å². The van der Waals surface area contributed by atoms with Crippen LogP contribution in [0.4, 0.5) is 0 Å². The van der Waals surface area contributed by atoms with Crippen LogP contribution in [0.1, 0.15) is 80.6 Å². The van der Waals surface area contributed by atoms with Gasteiger partial charge in [-0.2, -0.15) is 0 Å². The van der Waals surface area contributed by atoms with E-state index in [1.165, 1.54) is 5.57 Å². The molecule has 0 aromatic heterocycles. The van der Waals surface area contributed by atoms with Gasteiger partial charge in [0.05, 0.1) is 12.0 Å². The van der Waals surface area contributed by atoms with Crippen LogP contribution in [0, 0.1) is 23.2 Å². The van der Waals surface area contributed by atoms with Crippen LogP contribution in [0.15, 0.2) is 11.6 Å². The van der Waals surface area contributed by atoms with Crippen molar-refractivity contribution in [3.8, 4) is 0 Å². The lowest BCUT2D eigenvalue weighted by Crippen LogP contribution is -2.23. The first-order chi connectivity index (χ1) is 11.1. The molecule has 24 heavy (non-hydrogen) atoms. The third-order valence-electron chi connectivity index (χ3n) is 4.70. The molecule has 0 fully saturated rings. The van der Waals surface area contributed by atoms with Crippen LogP contribution in [-0.4, -0.2) is 24.3 Å². The first-order valence-electron chi connectivity index (χ1n) is 9.51. The van der Waals surface area contributed by atoms with Gasteiger partial charge in [0.15, 0.2) is 0 Å². The van der Waals surface area contributed by atoms with Crippen molar-refractivity contribution in [2.75, 3.05) is 13.2 Å². The smallest absolute Gasteiger partial charge is 0.311 e. The molecule has 0 bridgehead atoms.